The number of carbonyl (C=O) groups excluding carboxylic acids is 1. The normalized spacial score (nSPS) is 44.9. The van der Waals surface area contributed by atoms with E-state index in [9.17, 15) is 9.90 Å². The molecule has 0 radical (unpaired) electrons. The van der Waals surface area contributed by atoms with Gasteiger partial charge in [-0.3, -0.25) is 4.79 Å². The van der Waals surface area contributed by atoms with Crippen LogP contribution >= 0.6 is 0 Å². The lowest BCUT2D eigenvalue weighted by atomic mass is 9.47. The second-order valence-electron chi connectivity index (χ2n) is 11.6. The molecule has 0 heterocycles. The Labute approximate surface area is 178 Å². The summed E-state index contributed by atoms with van der Waals surface area (Å²) in [5, 5.41) is 10.2. The molecule has 0 aromatic heterocycles. The van der Waals surface area contributed by atoms with Crippen molar-refractivity contribution < 1.29 is 9.90 Å². The summed E-state index contributed by atoms with van der Waals surface area (Å²) < 4.78 is 0. The number of allylic oxidation sites excluding steroid dienone is 2. The van der Waals surface area contributed by atoms with Gasteiger partial charge in [0.05, 0.1) is 6.10 Å². The smallest absolute Gasteiger partial charge is 0.157 e. The third-order valence-electron chi connectivity index (χ3n) is 10.1. The molecule has 8 atom stereocenters. The van der Waals surface area contributed by atoms with Gasteiger partial charge < -0.3 is 5.11 Å². The summed E-state index contributed by atoms with van der Waals surface area (Å²) >= 11 is 0. The van der Waals surface area contributed by atoms with Crippen LogP contribution in [-0.2, 0) is 4.79 Å². The minimum atomic E-state index is -0.113. The fourth-order valence-electron chi connectivity index (χ4n) is 8.39. The van der Waals surface area contributed by atoms with Crippen molar-refractivity contribution in [1.29, 1.82) is 0 Å². The van der Waals surface area contributed by atoms with Crippen LogP contribution in [0, 0.1) is 40.4 Å². The molecule has 0 aliphatic heterocycles. The maximum absolute atomic E-state index is 12.1. The molecule has 4 rings (SSSR count). The number of Topliss-reactive ketones (excluding diaryl/α,β-unsaturated/α-hetero) is 1. The first-order valence-corrected chi connectivity index (χ1v) is 12.2. The Kier molecular flexibility index (Phi) is 5.64. The van der Waals surface area contributed by atoms with Gasteiger partial charge >= 0.3 is 0 Å². The maximum atomic E-state index is 12.1. The number of ketones is 1. The Morgan fingerprint density at radius 2 is 1.97 bits per heavy atom. The molecule has 0 amide bonds. The molecule has 3 fully saturated rings. The Bertz CT molecular complexity index is 705. The van der Waals surface area contributed by atoms with Gasteiger partial charge in [-0.05, 0) is 111 Å². The molecule has 4 aliphatic carbocycles. The van der Waals surface area contributed by atoms with Gasteiger partial charge in [0, 0.05) is 6.42 Å². The van der Waals surface area contributed by atoms with E-state index in [-0.39, 0.29) is 11.9 Å². The summed E-state index contributed by atoms with van der Waals surface area (Å²) in [6.45, 7) is 13.2. The predicted octanol–water partition coefficient (Wildman–Crippen LogP) is 6.49. The minimum absolute atomic E-state index is 0.113. The van der Waals surface area contributed by atoms with Crippen molar-refractivity contribution >= 4 is 5.78 Å². The first-order chi connectivity index (χ1) is 13.7. The number of aliphatic hydroxyl groups is 1. The highest BCUT2D eigenvalue weighted by molar-refractivity contribution is 5.94. The zero-order valence-corrected chi connectivity index (χ0v) is 19.2. The third-order valence-corrected chi connectivity index (χ3v) is 10.1. The zero-order valence-electron chi connectivity index (χ0n) is 19.2. The molecule has 2 heteroatoms. The summed E-state index contributed by atoms with van der Waals surface area (Å²) in [5.74, 6) is 4.11. The fourth-order valence-corrected chi connectivity index (χ4v) is 8.39. The third kappa shape index (κ3) is 3.48. The number of hydrogen-bond donors (Lipinski definition) is 1. The van der Waals surface area contributed by atoms with Crippen molar-refractivity contribution in [3.8, 4) is 0 Å². The summed E-state index contributed by atoms with van der Waals surface area (Å²) in [4.78, 5) is 12.1. The molecular weight excluding hydrogens is 356 g/mol. The summed E-state index contributed by atoms with van der Waals surface area (Å²) in [5.41, 5.74) is 3.07. The Morgan fingerprint density at radius 1 is 1.21 bits per heavy atom. The quantitative estimate of drug-likeness (QED) is 0.424. The van der Waals surface area contributed by atoms with Crippen LogP contribution in [0.4, 0.5) is 0 Å². The number of aliphatic hydroxyl groups excluding tert-OH is 1. The van der Waals surface area contributed by atoms with E-state index in [2.05, 4.69) is 33.4 Å². The van der Waals surface area contributed by atoms with Crippen LogP contribution in [0.5, 0.6) is 0 Å². The molecule has 1 N–H and O–H groups in total. The van der Waals surface area contributed by atoms with E-state index in [1.807, 2.05) is 6.92 Å². The SMILES string of the molecule is C=C(C)C(=O)CC[C@@H](C)[C@H]1CC[C@H]2[C@@H]3CC=C4CC(O)CC[C@]4(C)[C@H]3CC[C@]12C. The first kappa shape index (κ1) is 21.3. The lowest BCUT2D eigenvalue weighted by Crippen LogP contribution is -2.50. The molecule has 2 nitrogen and oxygen atoms in total. The zero-order chi connectivity index (χ0) is 21.0. The van der Waals surface area contributed by atoms with Gasteiger partial charge in [-0.15, -0.1) is 0 Å². The lowest BCUT2D eigenvalue weighted by Gasteiger charge is -2.58. The molecule has 0 saturated heterocycles. The van der Waals surface area contributed by atoms with Crippen LogP contribution in [0.2, 0.25) is 0 Å². The largest absolute Gasteiger partial charge is 0.393 e. The van der Waals surface area contributed by atoms with Gasteiger partial charge in [-0.25, -0.2) is 0 Å². The van der Waals surface area contributed by atoms with Crippen LogP contribution in [-0.4, -0.2) is 17.0 Å². The van der Waals surface area contributed by atoms with Crippen LogP contribution in [0.25, 0.3) is 0 Å². The molecule has 0 spiro atoms. The number of hydrogen-bond acceptors (Lipinski definition) is 2. The van der Waals surface area contributed by atoms with Gasteiger partial charge in [0.25, 0.3) is 0 Å². The fraction of sp³-hybridized carbons (Fsp3) is 0.815. The van der Waals surface area contributed by atoms with Crippen LogP contribution in [0.3, 0.4) is 0 Å². The van der Waals surface area contributed by atoms with E-state index >= 15 is 0 Å². The topological polar surface area (TPSA) is 37.3 Å². The number of fused-ring (bicyclic) bond motifs is 5. The molecule has 0 aromatic carbocycles. The Hall–Kier alpha value is -0.890. The maximum Gasteiger partial charge on any atom is 0.157 e. The van der Waals surface area contributed by atoms with Gasteiger partial charge in [-0.1, -0.05) is 39.0 Å². The molecule has 0 bridgehead atoms. The summed E-state index contributed by atoms with van der Waals surface area (Å²) in [6.07, 6.45) is 13.9. The molecule has 4 aliphatic rings. The average molecular weight is 399 g/mol. The first-order valence-electron chi connectivity index (χ1n) is 12.2. The monoisotopic (exact) mass is 398 g/mol. The molecule has 162 valence electrons. The van der Waals surface area contributed by atoms with E-state index in [1.165, 1.54) is 38.5 Å². The van der Waals surface area contributed by atoms with Gasteiger partial charge in [0.1, 0.15) is 0 Å². The molecule has 1 unspecified atom stereocenters. The van der Waals surface area contributed by atoms with E-state index in [4.69, 9.17) is 0 Å². The second kappa shape index (κ2) is 7.66. The van der Waals surface area contributed by atoms with E-state index in [1.54, 1.807) is 5.57 Å². The average Bonchev–Trinajstić information content (AvgIpc) is 3.03. The molecule has 29 heavy (non-hydrogen) atoms. The van der Waals surface area contributed by atoms with Crippen molar-refractivity contribution in [3.05, 3.63) is 23.8 Å². The minimum Gasteiger partial charge on any atom is -0.393 e. The van der Waals surface area contributed by atoms with E-state index in [0.717, 1.165) is 42.9 Å². The van der Waals surface area contributed by atoms with Crippen LogP contribution < -0.4 is 0 Å². The highest BCUT2D eigenvalue weighted by Gasteiger charge is 2.59. The lowest BCUT2D eigenvalue weighted by molar-refractivity contribution is -0.116. The summed E-state index contributed by atoms with van der Waals surface area (Å²) in [6, 6.07) is 0. The number of carbonyl (C=O) groups is 1. The Morgan fingerprint density at radius 3 is 2.69 bits per heavy atom. The van der Waals surface area contributed by atoms with Gasteiger partial charge in [0.15, 0.2) is 5.78 Å². The van der Waals surface area contributed by atoms with Crippen LogP contribution in [0.1, 0.15) is 91.9 Å². The molecular formula is C27H42O2. The summed E-state index contributed by atoms with van der Waals surface area (Å²) in [7, 11) is 0. The molecule has 0 aromatic rings. The highest BCUT2D eigenvalue weighted by atomic mass is 16.3. The van der Waals surface area contributed by atoms with Crippen molar-refractivity contribution in [1.82, 2.24) is 0 Å². The van der Waals surface area contributed by atoms with Crippen molar-refractivity contribution in [2.24, 2.45) is 40.4 Å². The highest BCUT2D eigenvalue weighted by Crippen LogP contribution is 2.67. The van der Waals surface area contributed by atoms with Crippen molar-refractivity contribution in [3.63, 3.8) is 0 Å². The predicted molar refractivity (Wildman–Crippen MR) is 119 cm³/mol. The Balaban J connectivity index is 1.50. The number of rotatable bonds is 5. The van der Waals surface area contributed by atoms with Gasteiger partial charge in [-0.2, -0.15) is 0 Å². The van der Waals surface area contributed by atoms with Crippen molar-refractivity contribution in [2.45, 2.75) is 98.0 Å². The van der Waals surface area contributed by atoms with E-state index in [0.29, 0.717) is 28.7 Å². The molecule has 3 saturated carbocycles. The van der Waals surface area contributed by atoms with Gasteiger partial charge in [0.2, 0.25) is 0 Å². The van der Waals surface area contributed by atoms with Crippen LogP contribution in [0.15, 0.2) is 23.8 Å². The van der Waals surface area contributed by atoms with E-state index < -0.39 is 0 Å². The second-order valence-corrected chi connectivity index (χ2v) is 11.6. The standard InChI is InChI=1S/C27H42O2/c1-17(2)25(29)11-6-18(3)22-9-10-23-21-8-7-19-16-20(28)12-14-26(19,4)24(21)13-15-27(22,23)5/h7,18,20-24,28H,1,6,8-16H2,2-5H3/t18-,20?,21+,22-,23+,24+,26+,27-/m1/s1. The van der Waals surface area contributed by atoms with Crippen molar-refractivity contribution in [2.75, 3.05) is 0 Å².